The Hall–Kier alpha value is -2.04. The number of aliphatic hydroxyl groups is 1. The van der Waals surface area contributed by atoms with E-state index in [0.29, 0.717) is 19.4 Å². The van der Waals surface area contributed by atoms with Crippen molar-refractivity contribution in [2.24, 2.45) is 0 Å². The Bertz CT molecular complexity index is 587. The summed E-state index contributed by atoms with van der Waals surface area (Å²) >= 11 is 1.40. The molecule has 0 aliphatic carbocycles. The highest BCUT2D eigenvalue weighted by Crippen LogP contribution is 2.23. The van der Waals surface area contributed by atoms with E-state index >= 15 is 0 Å². The van der Waals surface area contributed by atoms with Crippen LogP contribution in [0.2, 0.25) is 0 Å². The Balaban J connectivity index is 2.68. The van der Waals surface area contributed by atoms with Crippen LogP contribution in [0.5, 0.6) is 0 Å². The lowest BCUT2D eigenvalue weighted by molar-refractivity contribution is -0.145. The van der Waals surface area contributed by atoms with Crippen molar-refractivity contribution in [2.75, 3.05) is 25.1 Å². The van der Waals surface area contributed by atoms with Crippen molar-refractivity contribution in [3.63, 3.8) is 0 Å². The minimum absolute atomic E-state index is 0.0300. The third-order valence-corrected chi connectivity index (χ3v) is 3.82. The quantitative estimate of drug-likeness (QED) is 0.523. The van der Waals surface area contributed by atoms with Crippen LogP contribution in [0.1, 0.15) is 38.0 Å². The largest absolute Gasteiger partial charge is 0.466 e. The second kappa shape index (κ2) is 11.5. The summed E-state index contributed by atoms with van der Waals surface area (Å²) in [7, 11) is 0. The van der Waals surface area contributed by atoms with Crippen LogP contribution in [0.3, 0.4) is 0 Å². The third kappa shape index (κ3) is 7.49. The van der Waals surface area contributed by atoms with Crippen LogP contribution >= 0.6 is 11.3 Å². The van der Waals surface area contributed by atoms with Gasteiger partial charge < -0.3 is 19.9 Å². The summed E-state index contributed by atoms with van der Waals surface area (Å²) < 4.78 is 9.94. The fourth-order valence-corrected chi connectivity index (χ4v) is 2.68. The molecule has 0 spiro atoms. The number of nitrogens with one attached hydrogen (secondary N) is 1. The van der Waals surface area contributed by atoms with Gasteiger partial charge in [-0.2, -0.15) is 0 Å². The molecule has 0 fully saturated rings. The Morgan fingerprint density at radius 2 is 2.04 bits per heavy atom. The second-order valence-corrected chi connectivity index (χ2v) is 5.82. The Kier molecular flexibility index (Phi) is 9.58. The number of ether oxygens (including phenoxy) is 2. The zero-order chi connectivity index (χ0) is 17.8. The van der Waals surface area contributed by atoms with Crippen LogP contribution in [0, 0.1) is 11.8 Å². The van der Waals surface area contributed by atoms with E-state index in [1.54, 1.807) is 13.8 Å². The molecule has 132 valence electrons. The predicted molar refractivity (Wildman–Crippen MR) is 92.8 cm³/mol. The maximum absolute atomic E-state index is 12.0. The molecule has 0 saturated heterocycles. The lowest BCUT2D eigenvalue weighted by atomic mass is 10.1. The highest BCUT2D eigenvalue weighted by molar-refractivity contribution is 7.16. The molecule has 0 bridgehead atoms. The molecule has 0 radical (unpaired) electrons. The normalized spacial score (nSPS) is 11.1. The molecule has 24 heavy (non-hydrogen) atoms. The SMILES string of the molecule is CCOC(=O)CC[C@H](Nc1ccc(C#CCCO)s1)C(=O)OCC. The fourth-order valence-electron chi connectivity index (χ4n) is 1.85. The maximum atomic E-state index is 12.0. The molecule has 0 unspecified atom stereocenters. The van der Waals surface area contributed by atoms with Crippen LogP contribution in [-0.4, -0.2) is 42.9 Å². The van der Waals surface area contributed by atoms with Crippen molar-refractivity contribution < 1.29 is 24.2 Å². The number of esters is 2. The van der Waals surface area contributed by atoms with Gasteiger partial charge in [0, 0.05) is 12.8 Å². The van der Waals surface area contributed by atoms with Crippen LogP contribution in [-0.2, 0) is 19.1 Å². The van der Waals surface area contributed by atoms with E-state index in [-0.39, 0.29) is 25.6 Å². The summed E-state index contributed by atoms with van der Waals surface area (Å²) in [5, 5.41) is 12.6. The molecular formula is C17H23NO5S. The van der Waals surface area contributed by atoms with E-state index in [1.807, 2.05) is 12.1 Å². The summed E-state index contributed by atoms with van der Waals surface area (Å²) in [6, 6.07) is 3.04. The molecule has 7 heteroatoms. The molecule has 6 nitrogen and oxygen atoms in total. The van der Waals surface area contributed by atoms with Gasteiger partial charge in [0.15, 0.2) is 0 Å². The molecule has 0 aliphatic heterocycles. The van der Waals surface area contributed by atoms with Gasteiger partial charge in [-0.05, 0) is 32.4 Å². The van der Waals surface area contributed by atoms with E-state index in [4.69, 9.17) is 14.6 Å². The standard InChI is InChI=1S/C17H23NO5S/c1-3-22-16(20)11-9-14(17(21)23-4-2)18-15-10-8-13(24-15)7-5-6-12-19/h8,10,14,18-19H,3-4,6,9,11-12H2,1-2H3/t14-/m0/s1. The number of hydrogen-bond donors (Lipinski definition) is 2. The summed E-state index contributed by atoms with van der Waals surface area (Å²) in [5.74, 6) is 5.05. The second-order valence-electron chi connectivity index (χ2n) is 4.73. The lowest BCUT2D eigenvalue weighted by Crippen LogP contribution is -2.32. The van der Waals surface area contributed by atoms with E-state index in [9.17, 15) is 9.59 Å². The topological polar surface area (TPSA) is 84.9 Å². The Morgan fingerprint density at radius 3 is 2.71 bits per heavy atom. The van der Waals surface area contributed by atoms with Gasteiger partial charge in [0.2, 0.25) is 0 Å². The van der Waals surface area contributed by atoms with E-state index < -0.39 is 12.0 Å². The van der Waals surface area contributed by atoms with Crippen molar-refractivity contribution in [2.45, 2.75) is 39.2 Å². The molecule has 0 saturated carbocycles. The van der Waals surface area contributed by atoms with Crippen LogP contribution in [0.25, 0.3) is 0 Å². The number of thiophene rings is 1. The first-order chi connectivity index (χ1) is 11.6. The summed E-state index contributed by atoms with van der Waals surface area (Å²) in [5.41, 5.74) is 0. The average molecular weight is 353 g/mol. The van der Waals surface area contributed by atoms with Crippen molar-refractivity contribution in [3.8, 4) is 11.8 Å². The zero-order valence-corrected chi connectivity index (χ0v) is 14.8. The van der Waals surface area contributed by atoms with Gasteiger partial charge in [-0.15, -0.1) is 11.3 Å². The van der Waals surface area contributed by atoms with Crippen molar-refractivity contribution in [3.05, 3.63) is 17.0 Å². The maximum Gasteiger partial charge on any atom is 0.328 e. The van der Waals surface area contributed by atoms with E-state index in [0.717, 1.165) is 9.88 Å². The zero-order valence-electron chi connectivity index (χ0n) is 14.0. The van der Waals surface area contributed by atoms with Crippen molar-refractivity contribution in [1.82, 2.24) is 0 Å². The Morgan fingerprint density at radius 1 is 1.29 bits per heavy atom. The van der Waals surface area contributed by atoms with Gasteiger partial charge in [0.25, 0.3) is 0 Å². The highest BCUT2D eigenvalue weighted by atomic mass is 32.1. The highest BCUT2D eigenvalue weighted by Gasteiger charge is 2.21. The molecule has 0 aromatic carbocycles. The molecule has 1 aromatic rings. The molecule has 0 amide bonds. The van der Waals surface area contributed by atoms with Crippen molar-refractivity contribution in [1.29, 1.82) is 0 Å². The van der Waals surface area contributed by atoms with Gasteiger partial charge in [-0.25, -0.2) is 4.79 Å². The molecule has 1 aromatic heterocycles. The number of hydrogen-bond acceptors (Lipinski definition) is 7. The molecule has 1 heterocycles. The van der Waals surface area contributed by atoms with Gasteiger partial charge in [0.05, 0.1) is 29.7 Å². The number of rotatable bonds is 9. The van der Waals surface area contributed by atoms with E-state index in [2.05, 4.69) is 17.2 Å². The smallest absolute Gasteiger partial charge is 0.328 e. The van der Waals surface area contributed by atoms with Crippen LogP contribution < -0.4 is 5.32 Å². The summed E-state index contributed by atoms with van der Waals surface area (Å²) in [4.78, 5) is 24.4. The van der Waals surface area contributed by atoms with Gasteiger partial charge in [-0.3, -0.25) is 4.79 Å². The van der Waals surface area contributed by atoms with Crippen LogP contribution in [0.15, 0.2) is 12.1 Å². The van der Waals surface area contributed by atoms with Gasteiger partial charge in [0.1, 0.15) is 6.04 Å². The number of anilines is 1. The van der Waals surface area contributed by atoms with Crippen LogP contribution in [0.4, 0.5) is 5.00 Å². The fraction of sp³-hybridized carbons (Fsp3) is 0.529. The number of carbonyl (C=O) groups is 2. The Labute approximate surface area is 146 Å². The first-order valence-corrected chi connectivity index (χ1v) is 8.70. The molecule has 2 N–H and O–H groups in total. The van der Waals surface area contributed by atoms with E-state index in [1.165, 1.54) is 11.3 Å². The van der Waals surface area contributed by atoms with Crippen molar-refractivity contribution >= 4 is 28.3 Å². The summed E-state index contributed by atoms with van der Waals surface area (Å²) in [6.07, 6.45) is 0.853. The van der Waals surface area contributed by atoms with Gasteiger partial charge in [-0.1, -0.05) is 11.8 Å². The molecular weight excluding hydrogens is 330 g/mol. The predicted octanol–water partition coefficient (Wildman–Crippen LogP) is 2.17. The average Bonchev–Trinajstić information content (AvgIpc) is 2.99. The summed E-state index contributed by atoms with van der Waals surface area (Å²) in [6.45, 7) is 4.10. The monoisotopic (exact) mass is 353 g/mol. The molecule has 0 aliphatic rings. The first kappa shape index (κ1) is 20.0. The lowest BCUT2D eigenvalue weighted by Gasteiger charge is -2.16. The number of aliphatic hydroxyl groups excluding tert-OH is 1. The molecule has 1 rings (SSSR count). The number of carbonyl (C=O) groups excluding carboxylic acids is 2. The third-order valence-electron chi connectivity index (χ3n) is 2.88. The molecule has 1 atom stereocenters. The minimum Gasteiger partial charge on any atom is -0.466 e. The minimum atomic E-state index is -0.619. The van der Waals surface area contributed by atoms with Gasteiger partial charge >= 0.3 is 11.9 Å². The first-order valence-electron chi connectivity index (χ1n) is 7.89.